The zero-order valence-corrected chi connectivity index (χ0v) is 31.9. The van der Waals surface area contributed by atoms with Crippen molar-refractivity contribution in [3.05, 3.63) is 119 Å². The molecule has 1 N–H and O–H groups in total. The fourth-order valence-corrected chi connectivity index (χ4v) is 9.65. The lowest BCUT2D eigenvalue weighted by molar-refractivity contribution is 0.0286. The number of ether oxygens (including phenoxy) is 1. The maximum atomic E-state index is 12.9. The molecule has 0 unspecified atom stereocenters. The highest BCUT2D eigenvalue weighted by Gasteiger charge is 2.28. The van der Waals surface area contributed by atoms with Crippen molar-refractivity contribution in [2.45, 2.75) is 96.3 Å². The van der Waals surface area contributed by atoms with E-state index in [4.69, 9.17) is 4.74 Å². The molecule has 51 heavy (non-hydrogen) atoms. The van der Waals surface area contributed by atoms with Crippen LogP contribution in [0.5, 0.6) is 0 Å². The van der Waals surface area contributed by atoms with E-state index in [2.05, 4.69) is 5.32 Å². The largest absolute Gasteiger partial charge is 0.444 e. The number of amides is 1. The molecular weight excluding hydrogens is 681 g/mol. The van der Waals surface area contributed by atoms with Crippen LogP contribution in [-0.2, 0) is 37.3 Å². The maximum absolute atomic E-state index is 12.9. The van der Waals surface area contributed by atoms with Gasteiger partial charge in [0, 0.05) is 26.1 Å². The molecule has 8 nitrogen and oxygen atoms in total. The molecule has 2 aliphatic carbocycles. The van der Waals surface area contributed by atoms with Crippen LogP contribution in [0.25, 0.3) is 0 Å². The van der Waals surface area contributed by atoms with Crippen molar-refractivity contribution in [3.8, 4) is 0 Å². The van der Waals surface area contributed by atoms with Crippen LogP contribution < -0.4 is 5.32 Å². The molecular formula is C41H50N2O6S2. The normalized spacial score (nSPS) is 17.3. The molecule has 0 fully saturated rings. The third-order valence-electron chi connectivity index (χ3n) is 9.48. The average molecular weight is 731 g/mol. The molecule has 0 aromatic heterocycles. The highest BCUT2D eigenvalue weighted by Crippen LogP contribution is 2.36. The van der Waals surface area contributed by atoms with Crippen LogP contribution in [0, 0.1) is 0 Å². The Morgan fingerprint density at radius 2 is 1.16 bits per heavy atom. The monoisotopic (exact) mass is 730 g/mol. The molecule has 272 valence electrons. The molecule has 4 aromatic rings. The van der Waals surface area contributed by atoms with Crippen LogP contribution >= 0.6 is 0 Å². The van der Waals surface area contributed by atoms with Gasteiger partial charge in [0.25, 0.3) is 0 Å². The summed E-state index contributed by atoms with van der Waals surface area (Å²) >= 11 is 0. The molecule has 0 spiro atoms. The van der Waals surface area contributed by atoms with Gasteiger partial charge in [-0.25, -0.2) is 21.6 Å². The average Bonchev–Trinajstić information content (AvgIpc) is 3.12. The third-order valence-corrected chi connectivity index (χ3v) is 13.0. The summed E-state index contributed by atoms with van der Waals surface area (Å²) in [4.78, 5) is 15.3. The number of rotatable bonds is 8. The predicted octanol–water partition coefficient (Wildman–Crippen LogP) is 7.96. The van der Waals surface area contributed by atoms with Gasteiger partial charge in [-0.1, -0.05) is 48.5 Å². The summed E-state index contributed by atoms with van der Waals surface area (Å²) in [6.07, 6.45) is 5.69. The number of likely N-dealkylation sites (N-methyl/N-ethyl adjacent to an activating group) is 2. The van der Waals surface area contributed by atoms with E-state index in [0.717, 1.165) is 49.8 Å². The fraction of sp³-hybridized carbons (Fsp3) is 0.390. The van der Waals surface area contributed by atoms with Gasteiger partial charge in [-0.3, -0.25) is 0 Å². The second kappa shape index (κ2) is 16.1. The van der Waals surface area contributed by atoms with E-state index in [1.54, 1.807) is 84.7 Å². The number of sulfone groups is 2. The van der Waals surface area contributed by atoms with E-state index >= 15 is 0 Å². The van der Waals surface area contributed by atoms with E-state index in [1.165, 1.54) is 17.5 Å². The zero-order chi connectivity index (χ0) is 36.8. The number of benzene rings is 4. The van der Waals surface area contributed by atoms with E-state index < -0.39 is 25.3 Å². The van der Waals surface area contributed by atoms with Gasteiger partial charge in [0.15, 0.2) is 0 Å². The number of carbonyl (C=O) groups excluding carboxylic acids is 1. The van der Waals surface area contributed by atoms with Crippen LogP contribution in [-0.4, -0.2) is 60.6 Å². The summed E-state index contributed by atoms with van der Waals surface area (Å²) in [6.45, 7) is 7.04. The van der Waals surface area contributed by atoms with Gasteiger partial charge in [0.1, 0.15) is 5.60 Å². The van der Waals surface area contributed by atoms with Crippen LogP contribution in [0.1, 0.15) is 80.5 Å². The van der Waals surface area contributed by atoms with E-state index in [1.807, 2.05) is 52.1 Å². The van der Waals surface area contributed by atoms with Gasteiger partial charge in [0.2, 0.25) is 19.7 Å². The molecule has 6 rings (SSSR count). The molecule has 0 heterocycles. The Morgan fingerprint density at radius 1 is 0.706 bits per heavy atom. The van der Waals surface area contributed by atoms with Gasteiger partial charge in [-0.2, -0.15) is 0 Å². The van der Waals surface area contributed by atoms with Crippen molar-refractivity contribution >= 4 is 25.8 Å². The first-order valence-electron chi connectivity index (χ1n) is 17.7. The number of hydrogen-bond donors (Lipinski definition) is 1. The minimum absolute atomic E-state index is 0.171. The molecule has 1 amide bonds. The molecule has 10 heteroatoms. The van der Waals surface area contributed by atoms with Gasteiger partial charge in [0.05, 0.1) is 19.6 Å². The Kier molecular flexibility index (Phi) is 12.1. The third kappa shape index (κ3) is 9.28. The standard InChI is InChI=1S/C23H29NO4S.C18H21NO2S/c1-23(2,3)28-22(25)24(4)16-18-10-8-9-17-15-20(13-14-21(17)18)29(26,27)19-11-6-5-7-12-19;1-19-13-15-7-5-6-14-12-17(10-11-18(14)15)22(20,21)16-8-3-2-4-9-16/h5-7,11-15,18H,8-10,16H2,1-4H3;2-4,8-12,15,19H,5-7,13H2,1H3/t18-;15-/m11/s1. The Morgan fingerprint density at radius 3 is 1.61 bits per heavy atom. The zero-order valence-electron chi connectivity index (χ0n) is 30.3. The number of nitrogens with one attached hydrogen (secondary N) is 1. The van der Waals surface area contributed by atoms with E-state index in [-0.39, 0.29) is 12.0 Å². The minimum atomic E-state index is -3.53. The first-order chi connectivity index (χ1) is 24.2. The quantitative estimate of drug-likeness (QED) is 0.196. The topological polar surface area (TPSA) is 110 Å². The summed E-state index contributed by atoms with van der Waals surface area (Å²) in [5.41, 5.74) is 4.13. The number of hydrogen-bond acceptors (Lipinski definition) is 7. The summed E-state index contributed by atoms with van der Waals surface area (Å²) in [5.74, 6) is 0.659. The molecule has 2 atom stereocenters. The summed E-state index contributed by atoms with van der Waals surface area (Å²) in [7, 11) is -3.24. The highest BCUT2D eigenvalue weighted by molar-refractivity contribution is 7.91. The minimum Gasteiger partial charge on any atom is -0.444 e. The summed E-state index contributed by atoms with van der Waals surface area (Å²) in [6, 6.07) is 28.2. The van der Waals surface area contributed by atoms with Crippen molar-refractivity contribution in [2.75, 3.05) is 27.2 Å². The number of fused-ring (bicyclic) bond motifs is 2. The fourth-order valence-electron chi connectivity index (χ4n) is 6.98. The first-order valence-corrected chi connectivity index (χ1v) is 20.6. The molecule has 0 saturated heterocycles. The number of nitrogens with zero attached hydrogens (tertiary/aromatic N) is 1. The molecule has 4 aromatic carbocycles. The lowest BCUT2D eigenvalue weighted by atomic mass is 9.82. The maximum Gasteiger partial charge on any atom is 0.410 e. The van der Waals surface area contributed by atoms with Crippen molar-refractivity contribution in [1.82, 2.24) is 10.2 Å². The molecule has 0 radical (unpaired) electrons. The van der Waals surface area contributed by atoms with Crippen LogP contribution in [0.2, 0.25) is 0 Å². The summed E-state index contributed by atoms with van der Waals surface area (Å²) < 4.78 is 56.7. The molecule has 2 aliphatic rings. The van der Waals surface area contributed by atoms with Gasteiger partial charge in [-0.05, 0) is 143 Å². The van der Waals surface area contributed by atoms with Crippen LogP contribution in [0.3, 0.4) is 0 Å². The molecule has 0 bridgehead atoms. The Labute approximate surface area is 304 Å². The SMILES string of the molecule is CN(C[C@H]1CCCc2cc(S(=O)(=O)c3ccccc3)ccc21)C(=O)OC(C)(C)C.CNC[C@H]1CCCc2cc(S(=O)(=O)c3ccccc3)ccc21. The number of carbonyl (C=O) groups is 1. The van der Waals surface area contributed by atoms with Crippen LogP contribution in [0.15, 0.2) is 117 Å². The van der Waals surface area contributed by atoms with Gasteiger partial charge in [-0.15, -0.1) is 0 Å². The number of aryl methyl sites for hydroxylation is 2. The lowest BCUT2D eigenvalue weighted by Crippen LogP contribution is -2.37. The lowest BCUT2D eigenvalue weighted by Gasteiger charge is -2.31. The van der Waals surface area contributed by atoms with Gasteiger partial charge < -0.3 is 15.0 Å². The summed E-state index contributed by atoms with van der Waals surface area (Å²) in [5, 5.41) is 3.23. The van der Waals surface area contributed by atoms with Crippen molar-refractivity contribution < 1.29 is 26.4 Å². The second-order valence-corrected chi connectivity index (χ2v) is 18.4. The van der Waals surface area contributed by atoms with E-state index in [9.17, 15) is 21.6 Å². The predicted molar refractivity (Wildman–Crippen MR) is 201 cm³/mol. The highest BCUT2D eigenvalue weighted by atomic mass is 32.2. The first kappa shape index (κ1) is 38.2. The Hall–Kier alpha value is -3.99. The van der Waals surface area contributed by atoms with Crippen molar-refractivity contribution in [3.63, 3.8) is 0 Å². The second-order valence-electron chi connectivity index (χ2n) is 14.5. The Balaban J connectivity index is 0.000000205. The molecule has 0 aliphatic heterocycles. The van der Waals surface area contributed by atoms with Gasteiger partial charge >= 0.3 is 6.09 Å². The smallest absolute Gasteiger partial charge is 0.410 e. The van der Waals surface area contributed by atoms with Crippen LogP contribution in [0.4, 0.5) is 4.79 Å². The van der Waals surface area contributed by atoms with Crippen molar-refractivity contribution in [1.29, 1.82) is 0 Å². The Bertz CT molecular complexity index is 2030. The van der Waals surface area contributed by atoms with E-state index in [0.29, 0.717) is 32.0 Å². The molecule has 0 saturated carbocycles. The van der Waals surface area contributed by atoms with Crippen molar-refractivity contribution in [2.24, 2.45) is 0 Å².